The first-order valence-electron chi connectivity index (χ1n) is 9.25. The number of aryl methyl sites for hydroxylation is 1. The van der Waals surface area contributed by atoms with E-state index in [1.54, 1.807) is 4.90 Å². The number of piperidine rings is 1. The molecule has 0 radical (unpaired) electrons. The third-order valence-electron chi connectivity index (χ3n) is 5.36. The highest BCUT2D eigenvalue weighted by molar-refractivity contribution is 6.00. The molecular weight excluding hydrogens is 365 g/mol. The highest BCUT2D eigenvalue weighted by Crippen LogP contribution is 2.33. The van der Waals surface area contributed by atoms with E-state index in [9.17, 15) is 18.8 Å². The first kappa shape index (κ1) is 18.3. The molecule has 4 rings (SSSR count). The highest BCUT2D eigenvalue weighted by Gasteiger charge is 2.36. The van der Waals surface area contributed by atoms with Crippen molar-refractivity contribution in [1.29, 1.82) is 0 Å². The van der Waals surface area contributed by atoms with E-state index in [1.807, 2.05) is 0 Å². The van der Waals surface area contributed by atoms with E-state index >= 15 is 0 Å². The van der Waals surface area contributed by atoms with Crippen molar-refractivity contribution < 1.29 is 18.7 Å². The number of fused-ring (bicyclic) bond motifs is 1. The number of rotatable bonds is 2. The average Bonchev–Trinajstić information content (AvgIpc) is 2.70. The summed E-state index contributed by atoms with van der Waals surface area (Å²) in [6.07, 6.45) is 1.43. The zero-order valence-electron chi connectivity index (χ0n) is 15.4. The standard InChI is InChI=1S/C20H20FN3O4/c1-23-19(26)7-5-15(22-23)20(27)24-8-2-3-12(11-24)18-10-16(25)14-9-13(21)4-6-17(14)28-18/h4-7,9,12,18H,2-3,8,10-11H2,1H3. The molecule has 7 nitrogen and oxygen atoms in total. The lowest BCUT2D eigenvalue weighted by atomic mass is 9.86. The lowest BCUT2D eigenvalue weighted by molar-refractivity contribution is 0.0404. The van der Waals surface area contributed by atoms with Crippen LogP contribution in [0.3, 0.4) is 0 Å². The highest BCUT2D eigenvalue weighted by atomic mass is 19.1. The number of amides is 1. The van der Waals surface area contributed by atoms with Crippen LogP contribution in [0.5, 0.6) is 5.75 Å². The van der Waals surface area contributed by atoms with Crippen LogP contribution < -0.4 is 10.3 Å². The Labute approximate surface area is 160 Å². The molecule has 1 aromatic heterocycles. The summed E-state index contributed by atoms with van der Waals surface area (Å²) in [6.45, 7) is 1.03. The van der Waals surface area contributed by atoms with E-state index in [1.165, 1.54) is 37.4 Å². The lowest BCUT2D eigenvalue weighted by Gasteiger charge is -2.38. The van der Waals surface area contributed by atoms with E-state index in [-0.39, 0.29) is 46.9 Å². The monoisotopic (exact) mass is 385 g/mol. The van der Waals surface area contributed by atoms with Gasteiger partial charge < -0.3 is 9.64 Å². The molecule has 1 fully saturated rings. The average molecular weight is 385 g/mol. The number of hydrogen-bond acceptors (Lipinski definition) is 5. The van der Waals surface area contributed by atoms with Gasteiger partial charge in [-0.05, 0) is 37.1 Å². The van der Waals surface area contributed by atoms with Gasteiger partial charge in [-0.1, -0.05) is 0 Å². The summed E-state index contributed by atoms with van der Waals surface area (Å²) in [5, 5.41) is 4.03. The van der Waals surface area contributed by atoms with Gasteiger partial charge in [0.15, 0.2) is 5.78 Å². The molecule has 0 spiro atoms. The van der Waals surface area contributed by atoms with Crippen molar-refractivity contribution in [3.63, 3.8) is 0 Å². The van der Waals surface area contributed by atoms with Gasteiger partial charge >= 0.3 is 0 Å². The summed E-state index contributed by atoms with van der Waals surface area (Å²) >= 11 is 0. The minimum atomic E-state index is -0.464. The van der Waals surface area contributed by atoms with E-state index in [0.29, 0.717) is 18.8 Å². The number of likely N-dealkylation sites (tertiary alicyclic amines) is 1. The molecule has 1 amide bonds. The van der Waals surface area contributed by atoms with Crippen molar-refractivity contribution >= 4 is 11.7 Å². The molecule has 3 heterocycles. The number of aromatic nitrogens is 2. The first-order valence-corrected chi connectivity index (χ1v) is 9.25. The Morgan fingerprint density at radius 1 is 1.25 bits per heavy atom. The maximum Gasteiger partial charge on any atom is 0.274 e. The molecule has 8 heteroatoms. The summed E-state index contributed by atoms with van der Waals surface area (Å²) in [5.74, 6) is -0.467. The summed E-state index contributed by atoms with van der Waals surface area (Å²) in [7, 11) is 1.50. The van der Waals surface area contributed by atoms with Crippen molar-refractivity contribution in [3.05, 3.63) is 57.8 Å². The minimum absolute atomic E-state index is 0.00705. The van der Waals surface area contributed by atoms with Crippen molar-refractivity contribution in [2.45, 2.75) is 25.4 Å². The number of ketones is 1. The molecule has 1 aromatic carbocycles. The summed E-state index contributed by atoms with van der Waals surface area (Å²) in [4.78, 5) is 38.4. The normalized spacial score (nSPS) is 21.8. The molecule has 2 aromatic rings. The van der Waals surface area contributed by atoms with Crippen LogP contribution in [0.15, 0.2) is 35.1 Å². The van der Waals surface area contributed by atoms with Gasteiger partial charge in [0.1, 0.15) is 23.4 Å². The van der Waals surface area contributed by atoms with Crippen LogP contribution >= 0.6 is 0 Å². The molecule has 2 atom stereocenters. The molecule has 28 heavy (non-hydrogen) atoms. The zero-order valence-corrected chi connectivity index (χ0v) is 15.4. The second-order valence-corrected chi connectivity index (χ2v) is 7.26. The zero-order chi connectivity index (χ0) is 19.8. The smallest absolute Gasteiger partial charge is 0.274 e. The van der Waals surface area contributed by atoms with Crippen LogP contribution in [-0.2, 0) is 7.05 Å². The SMILES string of the molecule is Cn1nc(C(=O)N2CCCC(C3CC(=O)c4cc(F)ccc4O3)C2)ccc1=O. The molecule has 0 aliphatic carbocycles. The summed E-state index contributed by atoms with van der Waals surface area (Å²) in [6, 6.07) is 6.71. The molecular formula is C20H20FN3O4. The van der Waals surface area contributed by atoms with Gasteiger partial charge in [-0.25, -0.2) is 9.07 Å². The number of hydrogen-bond donors (Lipinski definition) is 0. The van der Waals surface area contributed by atoms with Gasteiger partial charge in [0, 0.05) is 38.5 Å². The lowest BCUT2D eigenvalue weighted by Crippen LogP contribution is -2.47. The van der Waals surface area contributed by atoms with Crippen molar-refractivity contribution in [1.82, 2.24) is 14.7 Å². The molecule has 0 N–H and O–H groups in total. The Kier molecular flexibility index (Phi) is 4.70. The maximum atomic E-state index is 13.4. The van der Waals surface area contributed by atoms with Gasteiger partial charge in [-0.3, -0.25) is 14.4 Å². The van der Waals surface area contributed by atoms with E-state index < -0.39 is 5.82 Å². The van der Waals surface area contributed by atoms with Crippen LogP contribution in [0.1, 0.15) is 40.1 Å². The second-order valence-electron chi connectivity index (χ2n) is 7.26. The minimum Gasteiger partial charge on any atom is -0.489 e. The quantitative estimate of drug-likeness (QED) is 0.788. The number of benzene rings is 1. The van der Waals surface area contributed by atoms with Gasteiger partial charge in [0.25, 0.3) is 11.5 Å². The summed E-state index contributed by atoms with van der Waals surface area (Å²) in [5.41, 5.74) is 0.205. The van der Waals surface area contributed by atoms with E-state index in [2.05, 4.69) is 5.10 Å². The van der Waals surface area contributed by atoms with Crippen molar-refractivity contribution in [2.75, 3.05) is 13.1 Å². The fourth-order valence-electron chi connectivity index (χ4n) is 3.86. The summed E-state index contributed by atoms with van der Waals surface area (Å²) < 4.78 is 20.5. The molecule has 0 bridgehead atoms. The maximum absolute atomic E-state index is 13.4. The van der Waals surface area contributed by atoms with Crippen LogP contribution in [-0.4, -0.2) is 45.6 Å². The number of nitrogens with zero attached hydrogens (tertiary/aromatic N) is 3. The predicted molar refractivity (Wildman–Crippen MR) is 97.9 cm³/mol. The van der Waals surface area contributed by atoms with Gasteiger partial charge in [0.2, 0.25) is 0 Å². The molecule has 1 saturated heterocycles. The Balaban J connectivity index is 1.50. The number of carbonyl (C=O) groups excluding carboxylic acids is 2. The Hall–Kier alpha value is -3.03. The predicted octanol–water partition coefficient (Wildman–Crippen LogP) is 1.81. The molecule has 0 saturated carbocycles. The largest absolute Gasteiger partial charge is 0.489 e. The van der Waals surface area contributed by atoms with Crippen LogP contribution in [0.25, 0.3) is 0 Å². The van der Waals surface area contributed by atoms with Crippen LogP contribution in [0, 0.1) is 11.7 Å². The fraction of sp³-hybridized carbons (Fsp3) is 0.400. The Morgan fingerprint density at radius 3 is 2.86 bits per heavy atom. The van der Waals surface area contributed by atoms with Gasteiger partial charge in [-0.15, -0.1) is 0 Å². The molecule has 2 aliphatic heterocycles. The van der Waals surface area contributed by atoms with Crippen LogP contribution in [0.2, 0.25) is 0 Å². The van der Waals surface area contributed by atoms with Crippen LogP contribution in [0.4, 0.5) is 4.39 Å². The number of halogens is 1. The van der Waals surface area contributed by atoms with Gasteiger partial charge in [0.05, 0.1) is 5.56 Å². The number of carbonyl (C=O) groups is 2. The van der Waals surface area contributed by atoms with Crippen molar-refractivity contribution in [3.8, 4) is 5.75 Å². The van der Waals surface area contributed by atoms with E-state index in [0.717, 1.165) is 17.5 Å². The number of Topliss-reactive ketones (excluding diaryl/α,β-unsaturated/α-hetero) is 1. The molecule has 2 unspecified atom stereocenters. The molecule has 146 valence electrons. The van der Waals surface area contributed by atoms with Crippen molar-refractivity contribution in [2.24, 2.45) is 13.0 Å². The fourth-order valence-corrected chi connectivity index (χ4v) is 3.86. The van der Waals surface area contributed by atoms with Gasteiger partial charge in [-0.2, -0.15) is 5.10 Å². The third-order valence-corrected chi connectivity index (χ3v) is 5.36. The topological polar surface area (TPSA) is 81.5 Å². The Morgan fingerprint density at radius 2 is 2.07 bits per heavy atom. The first-order chi connectivity index (χ1) is 13.4. The Bertz CT molecular complexity index is 1000. The third kappa shape index (κ3) is 3.42. The molecule has 2 aliphatic rings. The second kappa shape index (κ2) is 7.18. The number of ether oxygens (including phenoxy) is 1. The van der Waals surface area contributed by atoms with E-state index in [4.69, 9.17) is 4.74 Å².